The second-order valence-corrected chi connectivity index (χ2v) is 5.93. The van der Waals surface area contributed by atoms with Crippen molar-refractivity contribution < 1.29 is 13.6 Å². The number of benzene rings is 1. The third-order valence-electron chi connectivity index (χ3n) is 3.98. The summed E-state index contributed by atoms with van der Waals surface area (Å²) >= 11 is 0. The van der Waals surface area contributed by atoms with E-state index in [1.165, 1.54) is 12.1 Å². The van der Waals surface area contributed by atoms with Gasteiger partial charge in [0.05, 0.1) is 5.54 Å². The predicted molar refractivity (Wildman–Crippen MR) is 87.0 cm³/mol. The van der Waals surface area contributed by atoms with Gasteiger partial charge in [-0.25, -0.2) is 8.78 Å². The molecule has 0 radical (unpaired) electrons. The van der Waals surface area contributed by atoms with Crippen LogP contribution in [0.1, 0.15) is 39.2 Å². The summed E-state index contributed by atoms with van der Waals surface area (Å²) in [6.45, 7) is 6.31. The van der Waals surface area contributed by atoms with E-state index in [0.29, 0.717) is 31.4 Å². The van der Waals surface area contributed by atoms with Crippen molar-refractivity contribution in [3.05, 3.63) is 35.4 Å². The lowest BCUT2D eigenvalue weighted by Crippen LogP contribution is -2.54. The monoisotopic (exact) mass is 334 g/mol. The number of carbonyl (C=O) groups excluding carboxylic acids is 1. The maximum Gasteiger partial charge on any atom is 0.220 e. The zero-order chi connectivity index (χ0) is 16.0. The first-order valence-corrected chi connectivity index (χ1v) is 7.23. The summed E-state index contributed by atoms with van der Waals surface area (Å²) in [5, 5.41) is 2.95. The van der Waals surface area contributed by atoms with Crippen LogP contribution in [0.2, 0.25) is 0 Å². The molecular formula is C16H25ClF2N2O. The molecule has 6 heteroatoms. The van der Waals surface area contributed by atoms with Crippen molar-refractivity contribution in [2.45, 2.75) is 45.6 Å². The topological polar surface area (TPSA) is 55.1 Å². The molecule has 3 nitrogen and oxygen atoms in total. The van der Waals surface area contributed by atoms with Crippen LogP contribution in [-0.2, 0) is 11.2 Å². The molecule has 0 aliphatic rings. The van der Waals surface area contributed by atoms with Crippen LogP contribution in [0, 0.1) is 17.6 Å². The Hall–Kier alpha value is -1.20. The molecule has 1 aromatic carbocycles. The van der Waals surface area contributed by atoms with Gasteiger partial charge in [0.15, 0.2) is 11.6 Å². The molecular weight excluding hydrogens is 310 g/mol. The molecule has 1 amide bonds. The van der Waals surface area contributed by atoms with Crippen molar-refractivity contribution >= 4 is 18.3 Å². The standard InChI is InChI=1S/C16H24F2N2O.ClH/c1-11(2)16(3,10-19)20-15(21)6-4-5-12-7-8-13(17)14(18)9-12;/h7-9,11H,4-6,10,19H2,1-3H3,(H,20,21);1H. The highest BCUT2D eigenvalue weighted by Gasteiger charge is 2.28. The van der Waals surface area contributed by atoms with E-state index in [-0.39, 0.29) is 24.2 Å². The van der Waals surface area contributed by atoms with E-state index in [0.717, 1.165) is 6.07 Å². The van der Waals surface area contributed by atoms with Crippen molar-refractivity contribution in [2.24, 2.45) is 11.7 Å². The number of carbonyl (C=O) groups is 1. The summed E-state index contributed by atoms with van der Waals surface area (Å²) < 4.78 is 25.9. The van der Waals surface area contributed by atoms with Gasteiger partial charge >= 0.3 is 0 Å². The summed E-state index contributed by atoms with van der Waals surface area (Å²) in [5.41, 5.74) is 5.98. The molecule has 0 aliphatic heterocycles. The van der Waals surface area contributed by atoms with Crippen LogP contribution in [0.25, 0.3) is 0 Å². The van der Waals surface area contributed by atoms with Crippen LogP contribution < -0.4 is 11.1 Å². The molecule has 0 heterocycles. The predicted octanol–water partition coefficient (Wildman–Crippen LogP) is 3.20. The lowest BCUT2D eigenvalue weighted by molar-refractivity contribution is -0.123. The van der Waals surface area contributed by atoms with Gasteiger partial charge in [-0.1, -0.05) is 19.9 Å². The molecule has 0 fully saturated rings. The normalized spacial score (nSPS) is 13.4. The molecule has 1 atom stereocenters. The van der Waals surface area contributed by atoms with E-state index in [2.05, 4.69) is 5.32 Å². The van der Waals surface area contributed by atoms with E-state index >= 15 is 0 Å². The first kappa shape index (κ1) is 20.8. The number of rotatable bonds is 7. The minimum Gasteiger partial charge on any atom is -0.349 e. The Balaban J connectivity index is 0.00000441. The maximum atomic E-state index is 13.1. The smallest absolute Gasteiger partial charge is 0.220 e. The zero-order valence-electron chi connectivity index (χ0n) is 13.3. The molecule has 1 unspecified atom stereocenters. The number of nitrogens with two attached hydrogens (primary N) is 1. The van der Waals surface area contributed by atoms with Gasteiger partial charge in [-0.05, 0) is 43.4 Å². The largest absolute Gasteiger partial charge is 0.349 e. The van der Waals surface area contributed by atoms with E-state index in [1.54, 1.807) is 0 Å². The third-order valence-corrected chi connectivity index (χ3v) is 3.98. The first-order valence-electron chi connectivity index (χ1n) is 7.23. The van der Waals surface area contributed by atoms with Crippen LogP contribution in [-0.4, -0.2) is 18.0 Å². The highest BCUT2D eigenvalue weighted by molar-refractivity contribution is 5.85. The molecule has 1 aromatic rings. The fourth-order valence-electron chi connectivity index (χ4n) is 1.96. The summed E-state index contributed by atoms with van der Waals surface area (Å²) in [5.74, 6) is -1.54. The molecule has 3 N–H and O–H groups in total. The van der Waals surface area contributed by atoms with Crippen LogP contribution in [0.15, 0.2) is 18.2 Å². The number of hydrogen-bond donors (Lipinski definition) is 2. The summed E-state index contributed by atoms with van der Waals surface area (Å²) in [6, 6.07) is 3.81. The first-order chi connectivity index (χ1) is 9.78. The Morgan fingerprint density at radius 1 is 1.32 bits per heavy atom. The van der Waals surface area contributed by atoms with Gasteiger partial charge in [-0.15, -0.1) is 12.4 Å². The molecule has 22 heavy (non-hydrogen) atoms. The SMILES string of the molecule is CC(C)C(C)(CN)NC(=O)CCCc1ccc(F)c(F)c1.Cl. The van der Waals surface area contributed by atoms with Crippen molar-refractivity contribution in [1.29, 1.82) is 0 Å². The van der Waals surface area contributed by atoms with Crippen molar-refractivity contribution in [3.63, 3.8) is 0 Å². The van der Waals surface area contributed by atoms with E-state index < -0.39 is 17.2 Å². The average Bonchev–Trinajstić information content (AvgIpc) is 2.42. The molecule has 0 aliphatic carbocycles. The van der Waals surface area contributed by atoms with Gasteiger partial charge in [0.1, 0.15) is 0 Å². The van der Waals surface area contributed by atoms with Crippen molar-refractivity contribution in [1.82, 2.24) is 5.32 Å². The Labute approximate surface area is 137 Å². The quantitative estimate of drug-likeness (QED) is 0.804. The second kappa shape index (κ2) is 9.06. The minimum absolute atomic E-state index is 0. The second-order valence-electron chi connectivity index (χ2n) is 5.93. The highest BCUT2D eigenvalue weighted by Crippen LogP contribution is 2.16. The molecule has 0 aromatic heterocycles. The Bertz CT molecular complexity index is 497. The molecule has 0 saturated heterocycles. The van der Waals surface area contributed by atoms with Crippen molar-refractivity contribution in [3.8, 4) is 0 Å². The van der Waals surface area contributed by atoms with Crippen LogP contribution in [0.5, 0.6) is 0 Å². The molecule has 0 saturated carbocycles. The molecule has 0 bridgehead atoms. The molecule has 0 spiro atoms. The van der Waals surface area contributed by atoms with Crippen LogP contribution in [0.3, 0.4) is 0 Å². The molecule has 126 valence electrons. The summed E-state index contributed by atoms with van der Waals surface area (Å²) in [6.07, 6.45) is 1.45. The summed E-state index contributed by atoms with van der Waals surface area (Å²) in [7, 11) is 0. The number of aryl methyl sites for hydroxylation is 1. The van der Waals surface area contributed by atoms with Crippen molar-refractivity contribution in [2.75, 3.05) is 6.54 Å². The number of amides is 1. The van der Waals surface area contributed by atoms with Gasteiger partial charge in [-0.2, -0.15) is 0 Å². The number of nitrogens with one attached hydrogen (secondary N) is 1. The number of hydrogen-bond acceptors (Lipinski definition) is 2. The Kier molecular flexibility index (Phi) is 8.56. The minimum atomic E-state index is -0.855. The van der Waals surface area contributed by atoms with Crippen LogP contribution >= 0.6 is 12.4 Å². The zero-order valence-corrected chi connectivity index (χ0v) is 14.1. The van der Waals surface area contributed by atoms with Gasteiger partial charge in [-0.3, -0.25) is 4.79 Å². The van der Waals surface area contributed by atoms with E-state index in [4.69, 9.17) is 5.73 Å². The van der Waals surface area contributed by atoms with Gasteiger partial charge in [0, 0.05) is 13.0 Å². The van der Waals surface area contributed by atoms with Gasteiger partial charge in [0.25, 0.3) is 0 Å². The fraction of sp³-hybridized carbons (Fsp3) is 0.562. The highest BCUT2D eigenvalue weighted by atomic mass is 35.5. The van der Waals surface area contributed by atoms with E-state index in [1.807, 2.05) is 20.8 Å². The van der Waals surface area contributed by atoms with Gasteiger partial charge in [0.2, 0.25) is 5.91 Å². The third kappa shape index (κ3) is 5.89. The Morgan fingerprint density at radius 2 is 1.95 bits per heavy atom. The fourth-order valence-corrected chi connectivity index (χ4v) is 1.96. The van der Waals surface area contributed by atoms with E-state index in [9.17, 15) is 13.6 Å². The lowest BCUT2D eigenvalue weighted by atomic mass is 9.88. The maximum absolute atomic E-state index is 13.1. The van der Waals surface area contributed by atoms with Gasteiger partial charge < -0.3 is 11.1 Å². The lowest BCUT2D eigenvalue weighted by Gasteiger charge is -2.33. The van der Waals surface area contributed by atoms with Crippen LogP contribution in [0.4, 0.5) is 8.78 Å². The average molecular weight is 335 g/mol. The summed E-state index contributed by atoms with van der Waals surface area (Å²) in [4.78, 5) is 11.9. The Morgan fingerprint density at radius 3 is 2.45 bits per heavy atom. The molecule has 1 rings (SSSR count). The number of halogens is 3.